The maximum absolute atomic E-state index is 3.35. The molecule has 2 heterocycles. The number of hydrogen-bond donors (Lipinski definition) is 2. The van der Waals surface area contributed by atoms with E-state index in [9.17, 15) is 0 Å². The zero-order valence-corrected chi connectivity index (χ0v) is 7.54. The monoisotopic (exact) mass is 181 g/mol. The number of aromatic nitrogens is 2. The molecule has 0 fully saturated rings. The summed E-state index contributed by atoms with van der Waals surface area (Å²) in [7, 11) is 0. The summed E-state index contributed by atoms with van der Waals surface area (Å²) < 4.78 is 0. The summed E-state index contributed by atoms with van der Waals surface area (Å²) in [6.07, 6.45) is 4.93. The van der Waals surface area contributed by atoms with Crippen LogP contribution in [0.15, 0.2) is 42.6 Å². The molecular weight excluding hydrogens is 172 g/mol. The highest BCUT2D eigenvalue weighted by Crippen LogP contribution is 2.22. The van der Waals surface area contributed by atoms with Gasteiger partial charge in [0, 0.05) is 28.4 Å². The number of nitrogens with one attached hydrogen (secondary N) is 2. The Morgan fingerprint density at radius 3 is 2.79 bits per heavy atom. The average molecular weight is 181 g/mol. The lowest BCUT2D eigenvalue weighted by Gasteiger charge is -1.87. The van der Waals surface area contributed by atoms with E-state index in [0.717, 1.165) is 16.8 Å². The molecule has 0 spiro atoms. The number of hydrogen-bond acceptors (Lipinski definition) is 0. The van der Waals surface area contributed by atoms with Gasteiger partial charge < -0.3 is 9.97 Å². The van der Waals surface area contributed by atoms with E-state index < -0.39 is 0 Å². The fourth-order valence-electron chi connectivity index (χ4n) is 1.66. The minimum absolute atomic E-state index is 1.07. The predicted octanol–water partition coefficient (Wildman–Crippen LogP) is 2.96. The molecule has 0 aliphatic heterocycles. The van der Waals surface area contributed by atoms with Crippen molar-refractivity contribution in [3.8, 4) is 11.3 Å². The van der Waals surface area contributed by atoms with Crippen LogP contribution in [0.5, 0.6) is 0 Å². The average Bonchev–Trinajstić information content (AvgIpc) is 2.86. The highest BCUT2D eigenvalue weighted by Gasteiger charge is 2.02. The summed E-state index contributed by atoms with van der Waals surface area (Å²) >= 11 is 0. The van der Waals surface area contributed by atoms with Crippen molar-refractivity contribution in [2.24, 2.45) is 0 Å². The molecule has 3 aromatic rings. The molecule has 3 rings (SSSR count). The topological polar surface area (TPSA) is 31.6 Å². The first-order chi connectivity index (χ1) is 6.93. The standard InChI is InChI=1S/C12H9N2/c1-2-4-11-9(3-1)7-12(14-11)10-5-6-13-8-10/h1-7,13-14H. The van der Waals surface area contributed by atoms with E-state index in [-0.39, 0.29) is 0 Å². The Morgan fingerprint density at radius 2 is 2.00 bits per heavy atom. The van der Waals surface area contributed by atoms with Crippen molar-refractivity contribution < 1.29 is 0 Å². The lowest BCUT2D eigenvalue weighted by atomic mass is 10.2. The van der Waals surface area contributed by atoms with Crippen LogP contribution in [-0.2, 0) is 0 Å². The molecular formula is C12H9N2. The molecule has 1 aromatic carbocycles. The Morgan fingerprint density at radius 1 is 1.07 bits per heavy atom. The highest BCUT2D eigenvalue weighted by molar-refractivity contribution is 5.85. The van der Waals surface area contributed by atoms with Gasteiger partial charge in [0.1, 0.15) is 0 Å². The van der Waals surface area contributed by atoms with Crippen molar-refractivity contribution in [3.63, 3.8) is 0 Å². The summed E-state index contributed by atoms with van der Waals surface area (Å²) in [4.78, 5) is 6.27. The van der Waals surface area contributed by atoms with Crippen LogP contribution >= 0.6 is 0 Å². The molecule has 1 radical (unpaired) electrons. The third-order valence-electron chi connectivity index (χ3n) is 2.36. The van der Waals surface area contributed by atoms with Crippen LogP contribution in [0.1, 0.15) is 0 Å². The quantitative estimate of drug-likeness (QED) is 0.578. The SMILES string of the molecule is [c]1[nH]ccc1-c1cc2ccccc2[nH]1. The zero-order valence-electron chi connectivity index (χ0n) is 7.54. The van der Waals surface area contributed by atoms with E-state index >= 15 is 0 Å². The zero-order chi connectivity index (χ0) is 9.38. The van der Waals surface area contributed by atoms with Gasteiger partial charge in [0.05, 0.1) is 6.20 Å². The molecule has 2 N–H and O–H groups in total. The van der Waals surface area contributed by atoms with Crippen LogP contribution in [0.3, 0.4) is 0 Å². The van der Waals surface area contributed by atoms with Crippen LogP contribution in [0.2, 0.25) is 0 Å². The van der Waals surface area contributed by atoms with E-state index in [4.69, 9.17) is 0 Å². The van der Waals surface area contributed by atoms with Crippen LogP contribution in [0, 0.1) is 6.20 Å². The fraction of sp³-hybridized carbons (Fsp3) is 0. The molecule has 67 valence electrons. The number of aromatic amines is 2. The van der Waals surface area contributed by atoms with E-state index in [1.807, 2.05) is 24.4 Å². The molecule has 2 nitrogen and oxygen atoms in total. The summed E-state index contributed by atoms with van der Waals surface area (Å²) in [6.45, 7) is 0. The maximum atomic E-state index is 3.35. The van der Waals surface area contributed by atoms with Crippen molar-refractivity contribution in [2.75, 3.05) is 0 Å². The van der Waals surface area contributed by atoms with E-state index in [1.54, 1.807) is 0 Å². The van der Waals surface area contributed by atoms with Crippen molar-refractivity contribution in [2.45, 2.75) is 0 Å². The molecule has 0 saturated heterocycles. The van der Waals surface area contributed by atoms with Gasteiger partial charge in [0.25, 0.3) is 0 Å². The molecule has 0 aliphatic rings. The fourth-order valence-corrected chi connectivity index (χ4v) is 1.66. The Bertz CT molecular complexity index is 513. The van der Waals surface area contributed by atoms with E-state index in [0.29, 0.717) is 0 Å². The number of H-pyrrole nitrogens is 2. The van der Waals surface area contributed by atoms with Crippen LogP contribution in [0.4, 0.5) is 0 Å². The van der Waals surface area contributed by atoms with Gasteiger partial charge in [-0.1, -0.05) is 18.2 Å². The maximum Gasteiger partial charge on any atom is 0.0721 e. The van der Waals surface area contributed by atoms with Gasteiger partial charge >= 0.3 is 0 Å². The third-order valence-corrected chi connectivity index (χ3v) is 2.36. The van der Waals surface area contributed by atoms with Crippen molar-refractivity contribution in [1.82, 2.24) is 9.97 Å². The minimum atomic E-state index is 1.07. The summed E-state index contributed by atoms with van der Waals surface area (Å²) in [6, 6.07) is 12.4. The molecule has 0 atom stereocenters. The Balaban J connectivity index is 2.24. The predicted molar refractivity (Wildman–Crippen MR) is 56.9 cm³/mol. The molecule has 0 aliphatic carbocycles. The molecule has 0 amide bonds. The Kier molecular flexibility index (Phi) is 1.47. The molecule has 0 unspecified atom stereocenters. The number of para-hydroxylation sites is 1. The van der Waals surface area contributed by atoms with Gasteiger partial charge in [0.15, 0.2) is 0 Å². The first kappa shape index (κ1) is 7.44. The van der Waals surface area contributed by atoms with Crippen LogP contribution in [0.25, 0.3) is 22.2 Å². The van der Waals surface area contributed by atoms with Gasteiger partial charge in [-0.15, -0.1) is 0 Å². The summed E-state index contributed by atoms with van der Waals surface area (Å²) in [5.41, 5.74) is 3.34. The second kappa shape index (κ2) is 2.77. The first-order valence-corrected chi connectivity index (χ1v) is 4.57. The van der Waals surface area contributed by atoms with E-state index in [1.165, 1.54) is 5.39 Å². The van der Waals surface area contributed by atoms with Crippen molar-refractivity contribution >= 4 is 10.9 Å². The lowest BCUT2D eigenvalue weighted by Crippen LogP contribution is -1.70. The number of rotatable bonds is 1. The highest BCUT2D eigenvalue weighted by atomic mass is 14.7. The van der Waals surface area contributed by atoms with Crippen molar-refractivity contribution in [3.05, 3.63) is 48.8 Å². The minimum Gasteiger partial charge on any atom is -0.359 e. The molecule has 14 heavy (non-hydrogen) atoms. The molecule has 2 aromatic heterocycles. The van der Waals surface area contributed by atoms with Crippen LogP contribution in [-0.4, -0.2) is 9.97 Å². The van der Waals surface area contributed by atoms with Crippen LogP contribution < -0.4 is 0 Å². The van der Waals surface area contributed by atoms with Gasteiger partial charge in [-0.25, -0.2) is 0 Å². The second-order valence-electron chi connectivity index (χ2n) is 3.29. The summed E-state index contributed by atoms with van der Waals surface area (Å²) in [5, 5.41) is 1.23. The normalized spacial score (nSPS) is 10.9. The van der Waals surface area contributed by atoms with Crippen molar-refractivity contribution in [1.29, 1.82) is 0 Å². The molecule has 0 bridgehead atoms. The van der Waals surface area contributed by atoms with E-state index in [2.05, 4.69) is 34.4 Å². The Labute approximate surface area is 81.6 Å². The smallest absolute Gasteiger partial charge is 0.0721 e. The second-order valence-corrected chi connectivity index (χ2v) is 3.29. The van der Waals surface area contributed by atoms with Gasteiger partial charge in [-0.05, 0) is 18.2 Å². The lowest BCUT2D eigenvalue weighted by molar-refractivity contribution is 1.39. The third kappa shape index (κ3) is 1.04. The van der Waals surface area contributed by atoms with Gasteiger partial charge in [0.2, 0.25) is 0 Å². The summed E-state index contributed by atoms with van der Waals surface area (Å²) in [5.74, 6) is 0. The van der Waals surface area contributed by atoms with Gasteiger partial charge in [-0.2, -0.15) is 0 Å². The largest absolute Gasteiger partial charge is 0.359 e. The Hall–Kier alpha value is -1.96. The molecule has 0 saturated carbocycles. The molecule has 2 heteroatoms. The number of fused-ring (bicyclic) bond motifs is 1. The van der Waals surface area contributed by atoms with Gasteiger partial charge in [-0.3, -0.25) is 0 Å². The number of benzene rings is 1. The first-order valence-electron chi connectivity index (χ1n) is 4.57.